The summed E-state index contributed by atoms with van der Waals surface area (Å²) < 4.78 is 0. The molecule has 1 aromatic carbocycles. The smallest absolute Gasteiger partial charge is 0.230 e. The zero-order valence-corrected chi connectivity index (χ0v) is 12.2. The highest BCUT2D eigenvalue weighted by atomic mass is 32.2. The fraction of sp³-hybridized carbons (Fsp3) is 0.133. The Balaban J connectivity index is 2.03. The number of H-pyrrole nitrogens is 1. The molecule has 1 amide bonds. The van der Waals surface area contributed by atoms with Crippen LogP contribution in [0.3, 0.4) is 0 Å². The molecule has 2 heterocycles. The summed E-state index contributed by atoms with van der Waals surface area (Å²) >= 11 is 1.34. The molecule has 21 heavy (non-hydrogen) atoms. The third-order valence-corrected chi connectivity index (χ3v) is 4.24. The molecule has 0 saturated carbocycles. The Morgan fingerprint density at radius 1 is 1.29 bits per heavy atom. The molecule has 0 spiro atoms. The van der Waals surface area contributed by atoms with Gasteiger partial charge in [-0.15, -0.1) is 0 Å². The lowest BCUT2D eigenvalue weighted by Gasteiger charge is -2.09. The zero-order chi connectivity index (χ0) is 14.8. The van der Waals surface area contributed by atoms with Crippen molar-refractivity contribution in [2.75, 3.05) is 0 Å². The van der Waals surface area contributed by atoms with Crippen molar-refractivity contribution >= 4 is 28.7 Å². The number of benzene rings is 1. The van der Waals surface area contributed by atoms with Crippen molar-refractivity contribution in [3.05, 3.63) is 42.6 Å². The van der Waals surface area contributed by atoms with Crippen LogP contribution >= 0.6 is 11.8 Å². The third kappa shape index (κ3) is 2.75. The number of nitrogens with one attached hydrogen (secondary N) is 1. The van der Waals surface area contributed by atoms with Crippen molar-refractivity contribution in [1.82, 2.24) is 15.0 Å². The fourth-order valence-corrected chi connectivity index (χ4v) is 2.84. The van der Waals surface area contributed by atoms with Crippen LogP contribution in [0.5, 0.6) is 0 Å². The molecule has 2 aromatic heterocycles. The number of hydrogen-bond acceptors (Lipinski definition) is 4. The topological polar surface area (TPSA) is 84.7 Å². The Labute approximate surface area is 126 Å². The predicted molar refractivity (Wildman–Crippen MR) is 83.8 cm³/mol. The number of fused-ring (bicyclic) bond motifs is 1. The van der Waals surface area contributed by atoms with Gasteiger partial charge in [0.2, 0.25) is 5.91 Å². The molecule has 1 atom stereocenters. The summed E-state index contributed by atoms with van der Waals surface area (Å²) in [5, 5.41) is 0.394. The maximum absolute atomic E-state index is 11.2. The number of hydrogen-bond donors (Lipinski definition) is 2. The van der Waals surface area contributed by atoms with Gasteiger partial charge < -0.3 is 10.7 Å². The van der Waals surface area contributed by atoms with Crippen LogP contribution in [0.4, 0.5) is 0 Å². The highest BCUT2D eigenvalue weighted by Gasteiger charge is 2.16. The molecule has 0 unspecified atom stereocenters. The molecule has 3 aromatic rings. The van der Waals surface area contributed by atoms with E-state index in [-0.39, 0.29) is 11.2 Å². The van der Waals surface area contributed by atoms with Crippen molar-refractivity contribution in [3.63, 3.8) is 0 Å². The maximum Gasteiger partial charge on any atom is 0.230 e. The normalized spacial score (nSPS) is 12.4. The van der Waals surface area contributed by atoms with E-state index in [1.54, 1.807) is 13.1 Å². The second-order valence-corrected chi connectivity index (χ2v) is 5.95. The van der Waals surface area contributed by atoms with Gasteiger partial charge in [0.05, 0.1) is 16.3 Å². The van der Waals surface area contributed by atoms with Crippen molar-refractivity contribution in [2.45, 2.75) is 17.2 Å². The highest BCUT2D eigenvalue weighted by Crippen LogP contribution is 2.31. The molecule has 3 rings (SSSR count). The molecular formula is C15H14N4OS. The second kappa shape index (κ2) is 5.57. The molecule has 0 aliphatic rings. The highest BCUT2D eigenvalue weighted by molar-refractivity contribution is 8.00. The predicted octanol–water partition coefficient (Wildman–Crippen LogP) is 2.59. The first-order chi connectivity index (χ1) is 10.1. The summed E-state index contributed by atoms with van der Waals surface area (Å²) in [7, 11) is 0. The molecule has 3 N–H and O–H groups in total. The number of amides is 1. The number of primary amides is 1. The van der Waals surface area contributed by atoms with Gasteiger partial charge in [-0.2, -0.15) is 0 Å². The first-order valence-electron chi connectivity index (χ1n) is 6.51. The van der Waals surface area contributed by atoms with E-state index in [2.05, 4.69) is 15.0 Å². The number of aromatic amines is 1. The third-order valence-electron chi connectivity index (χ3n) is 3.10. The number of imidazole rings is 1. The molecule has 5 nitrogen and oxygen atoms in total. The summed E-state index contributed by atoms with van der Waals surface area (Å²) in [6.45, 7) is 1.77. The van der Waals surface area contributed by atoms with E-state index < -0.39 is 0 Å². The molecule has 0 bridgehead atoms. The van der Waals surface area contributed by atoms with Crippen LogP contribution < -0.4 is 5.73 Å². The Kier molecular flexibility index (Phi) is 3.62. The van der Waals surface area contributed by atoms with Crippen molar-refractivity contribution < 1.29 is 4.79 Å². The quantitative estimate of drug-likeness (QED) is 0.725. The summed E-state index contributed by atoms with van der Waals surface area (Å²) in [5.41, 5.74) is 8.06. The number of carbonyl (C=O) groups is 1. The van der Waals surface area contributed by atoms with Crippen LogP contribution in [0.15, 0.2) is 47.6 Å². The van der Waals surface area contributed by atoms with E-state index in [0.717, 1.165) is 27.4 Å². The molecular weight excluding hydrogens is 284 g/mol. The Bertz CT molecular complexity index is 766. The molecule has 6 heteroatoms. The molecule has 0 fully saturated rings. The average molecular weight is 298 g/mol. The molecule has 106 valence electrons. The van der Waals surface area contributed by atoms with Crippen LogP contribution in [-0.4, -0.2) is 26.1 Å². The lowest BCUT2D eigenvalue weighted by molar-refractivity contribution is -0.117. The van der Waals surface area contributed by atoms with E-state index in [0.29, 0.717) is 0 Å². The van der Waals surface area contributed by atoms with E-state index in [4.69, 9.17) is 5.73 Å². The van der Waals surface area contributed by atoms with Crippen LogP contribution in [-0.2, 0) is 4.79 Å². The summed E-state index contributed by atoms with van der Waals surface area (Å²) in [5.74, 6) is 0.379. The van der Waals surface area contributed by atoms with Crippen LogP contribution in [0.25, 0.3) is 22.4 Å². The molecule has 0 radical (unpaired) electrons. The van der Waals surface area contributed by atoms with Gasteiger partial charge in [0.15, 0.2) is 0 Å². The van der Waals surface area contributed by atoms with Crippen LogP contribution in [0.1, 0.15) is 6.92 Å². The van der Waals surface area contributed by atoms with Crippen molar-refractivity contribution in [3.8, 4) is 11.4 Å². The summed E-state index contributed by atoms with van der Waals surface area (Å²) in [6.07, 6.45) is 1.70. The van der Waals surface area contributed by atoms with Crippen LogP contribution in [0, 0.1) is 0 Å². The number of para-hydroxylation sites is 2. The number of rotatable bonds is 4. The van der Waals surface area contributed by atoms with E-state index in [1.807, 2.05) is 36.4 Å². The SMILES string of the molecule is C[C@H](Sc1ncccc1-c1nc2ccccc2[nH]1)C(N)=O. The summed E-state index contributed by atoms with van der Waals surface area (Å²) in [4.78, 5) is 23.4. The average Bonchev–Trinajstić information content (AvgIpc) is 2.91. The van der Waals surface area contributed by atoms with Gasteiger partial charge in [0.25, 0.3) is 0 Å². The first kappa shape index (κ1) is 13.6. The number of thioether (sulfide) groups is 1. The maximum atomic E-state index is 11.2. The number of pyridine rings is 1. The monoisotopic (exact) mass is 298 g/mol. The molecule has 0 aliphatic carbocycles. The van der Waals surface area contributed by atoms with Gasteiger partial charge in [0.1, 0.15) is 10.9 Å². The fourth-order valence-electron chi connectivity index (χ4n) is 1.97. The van der Waals surface area contributed by atoms with Gasteiger partial charge in [-0.05, 0) is 31.2 Å². The Morgan fingerprint density at radius 3 is 2.86 bits per heavy atom. The minimum atomic E-state index is -0.360. The number of nitrogens with two attached hydrogens (primary N) is 1. The minimum Gasteiger partial charge on any atom is -0.369 e. The summed E-state index contributed by atoms with van der Waals surface area (Å²) in [6, 6.07) is 11.6. The molecule has 0 saturated heterocycles. The Hall–Kier alpha value is -2.34. The minimum absolute atomic E-state index is 0.344. The lowest BCUT2D eigenvalue weighted by atomic mass is 10.3. The van der Waals surface area contributed by atoms with Crippen molar-refractivity contribution in [2.24, 2.45) is 5.73 Å². The number of carbonyl (C=O) groups excluding carboxylic acids is 1. The van der Waals surface area contributed by atoms with E-state index in [9.17, 15) is 4.79 Å². The van der Waals surface area contributed by atoms with Gasteiger partial charge in [-0.25, -0.2) is 9.97 Å². The van der Waals surface area contributed by atoms with Gasteiger partial charge in [-0.1, -0.05) is 23.9 Å². The van der Waals surface area contributed by atoms with Crippen molar-refractivity contribution in [1.29, 1.82) is 0 Å². The molecule has 0 aliphatic heterocycles. The van der Waals surface area contributed by atoms with E-state index in [1.165, 1.54) is 11.8 Å². The van der Waals surface area contributed by atoms with Gasteiger partial charge >= 0.3 is 0 Å². The zero-order valence-electron chi connectivity index (χ0n) is 11.4. The largest absolute Gasteiger partial charge is 0.369 e. The van der Waals surface area contributed by atoms with Gasteiger partial charge in [0, 0.05) is 11.8 Å². The van der Waals surface area contributed by atoms with Gasteiger partial charge in [-0.3, -0.25) is 4.79 Å². The van der Waals surface area contributed by atoms with E-state index >= 15 is 0 Å². The lowest BCUT2D eigenvalue weighted by Crippen LogP contribution is -2.22. The standard InChI is InChI=1S/C15H14N4OS/c1-9(13(16)20)21-15-10(5-4-8-17-15)14-18-11-6-2-3-7-12(11)19-14/h2-9H,1H3,(H2,16,20)(H,18,19)/t9-/m0/s1. The first-order valence-corrected chi connectivity index (χ1v) is 7.39. The number of nitrogens with zero attached hydrogens (tertiary/aromatic N) is 2. The Morgan fingerprint density at radius 2 is 2.10 bits per heavy atom. The van der Waals surface area contributed by atoms with Crippen LogP contribution in [0.2, 0.25) is 0 Å². The second-order valence-electron chi connectivity index (χ2n) is 4.62. The number of aromatic nitrogens is 3.